The van der Waals surface area contributed by atoms with Crippen molar-refractivity contribution in [3.63, 3.8) is 0 Å². The van der Waals surface area contributed by atoms with Gasteiger partial charge in [-0.15, -0.1) is 0 Å². The minimum absolute atomic E-state index is 0.0679. The number of amides is 1. The highest BCUT2D eigenvalue weighted by Crippen LogP contribution is 2.27. The maximum absolute atomic E-state index is 12.6. The van der Waals surface area contributed by atoms with Crippen molar-refractivity contribution in [1.29, 1.82) is 0 Å². The molecule has 0 saturated carbocycles. The van der Waals surface area contributed by atoms with E-state index in [-0.39, 0.29) is 18.4 Å². The van der Waals surface area contributed by atoms with E-state index in [2.05, 4.69) is 10.4 Å². The monoisotopic (exact) mass is 337 g/mol. The Bertz CT molecular complexity index is 726. The molecule has 23 heavy (non-hydrogen) atoms. The maximum atomic E-state index is 12.6. The smallest absolute Gasteiger partial charge is 0.260 e. The molecule has 0 aliphatic carbocycles. The van der Waals surface area contributed by atoms with Gasteiger partial charge in [0.2, 0.25) is 0 Å². The molecule has 7 heteroatoms. The highest BCUT2D eigenvalue weighted by molar-refractivity contribution is 6.33. The van der Waals surface area contributed by atoms with Gasteiger partial charge in [-0.05, 0) is 24.1 Å². The van der Waals surface area contributed by atoms with Crippen LogP contribution in [-0.4, -0.2) is 27.9 Å². The van der Waals surface area contributed by atoms with Crippen LogP contribution in [0.3, 0.4) is 0 Å². The lowest BCUT2D eigenvalue weighted by Gasteiger charge is -2.11. The normalized spacial score (nSPS) is 10.9. The van der Waals surface area contributed by atoms with Crippen molar-refractivity contribution in [3.8, 4) is 5.75 Å². The van der Waals surface area contributed by atoms with Gasteiger partial charge in [-0.25, -0.2) is 0 Å². The zero-order chi connectivity index (χ0) is 17.1. The second-order valence-electron chi connectivity index (χ2n) is 5.47. The number of hydrogen-bond acceptors (Lipinski definition) is 4. The number of aromatic nitrogens is 2. The second-order valence-corrected chi connectivity index (χ2v) is 5.83. The van der Waals surface area contributed by atoms with Crippen LogP contribution in [0.4, 0.5) is 5.69 Å². The Labute approximate surface area is 140 Å². The predicted octanol–water partition coefficient (Wildman–Crippen LogP) is 2.95. The first-order valence-corrected chi connectivity index (χ1v) is 7.58. The number of methoxy groups -OCH3 is 1. The molecule has 1 aromatic heterocycles. The number of nitrogens with one attached hydrogen (secondary N) is 1. The van der Waals surface area contributed by atoms with E-state index in [1.807, 2.05) is 13.8 Å². The first kappa shape index (κ1) is 17.3. The van der Waals surface area contributed by atoms with Gasteiger partial charge in [0.1, 0.15) is 16.5 Å². The predicted molar refractivity (Wildman–Crippen MR) is 89.2 cm³/mol. The number of nitrogens with zero attached hydrogens (tertiary/aromatic N) is 2. The van der Waals surface area contributed by atoms with E-state index in [0.29, 0.717) is 33.4 Å². The van der Waals surface area contributed by atoms with Crippen LogP contribution >= 0.6 is 11.6 Å². The van der Waals surface area contributed by atoms with E-state index < -0.39 is 0 Å². The topological polar surface area (TPSA) is 76.4 Å². The Balaban J connectivity index is 2.33. The number of hydrogen-bond donors (Lipinski definition) is 2. The Morgan fingerprint density at radius 1 is 1.48 bits per heavy atom. The standard InChI is InChI=1S/C16H20ClN3O3/c1-9(2)14-13(15(17)20(3)19-14)16(22)18-11-5-6-12(23-4)10(7-11)8-21/h5-7,9,21H,8H2,1-4H3,(H,18,22). The van der Waals surface area contributed by atoms with Crippen molar-refractivity contribution in [3.05, 3.63) is 40.2 Å². The number of carbonyl (C=O) groups excluding carboxylic acids is 1. The lowest BCUT2D eigenvalue weighted by molar-refractivity contribution is 0.102. The summed E-state index contributed by atoms with van der Waals surface area (Å²) in [6.45, 7) is 3.72. The number of benzene rings is 1. The maximum Gasteiger partial charge on any atom is 0.260 e. The van der Waals surface area contributed by atoms with Crippen LogP contribution in [-0.2, 0) is 13.7 Å². The van der Waals surface area contributed by atoms with Crippen LogP contribution in [0.25, 0.3) is 0 Å². The third-order valence-electron chi connectivity index (χ3n) is 3.49. The summed E-state index contributed by atoms with van der Waals surface area (Å²) in [5.41, 5.74) is 2.15. The molecular formula is C16H20ClN3O3. The molecule has 0 saturated heterocycles. The fourth-order valence-corrected chi connectivity index (χ4v) is 2.53. The summed E-state index contributed by atoms with van der Waals surface area (Å²) in [4.78, 5) is 12.6. The molecule has 0 atom stereocenters. The van der Waals surface area contributed by atoms with Crippen LogP contribution in [0.15, 0.2) is 18.2 Å². The van der Waals surface area contributed by atoms with E-state index >= 15 is 0 Å². The zero-order valence-corrected chi connectivity index (χ0v) is 14.3. The van der Waals surface area contributed by atoms with E-state index in [4.69, 9.17) is 16.3 Å². The number of ether oxygens (including phenoxy) is 1. The number of carbonyl (C=O) groups is 1. The van der Waals surface area contributed by atoms with Gasteiger partial charge in [0, 0.05) is 18.3 Å². The van der Waals surface area contributed by atoms with Crippen molar-refractivity contribution in [1.82, 2.24) is 9.78 Å². The minimum Gasteiger partial charge on any atom is -0.496 e. The molecule has 0 spiro atoms. The summed E-state index contributed by atoms with van der Waals surface area (Å²) in [5, 5.41) is 16.7. The van der Waals surface area contributed by atoms with Crippen molar-refractivity contribution >= 4 is 23.2 Å². The highest BCUT2D eigenvalue weighted by Gasteiger charge is 2.23. The van der Waals surface area contributed by atoms with Crippen LogP contribution in [0, 0.1) is 0 Å². The zero-order valence-electron chi connectivity index (χ0n) is 13.6. The SMILES string of the molecule is COc1ccc(NC(=O)c2c(C(C)C)nn(C)c2Cl)cc1CO. The third-order valence-corrected chi connectivity index (χ3v) is 3.92. The summed E-state index contributed by atoms with van der Waals surface area (Å²) in [6, 6.07) is 5.06. The van der Waals surface area contributed by atoms with E-state index in [0.717, 1.165) is 0 Å². The molecule has 1 heterocycles. The molecule has 0 fully saturated rings. The van der Waals surface area contributed by atoms with Crippen LogP contribution < -0.4 is 10.1 Å². The Kier molecular flexibility index (Phi) is 5.28. The second kappa shape index (κ2) is 7.02. The fourth-order valence-electron chi connectivity index (χ4n) is 2.31. The Morgan fingerprint density at radius 3 is 2.74 bits per heavy atom. The lowest BCUT2D eigenvalue weighted by atomic mass is 10.1. The van der Waals surface area contributed by atoms with Gasteiger partial charge in [0.05, 0.1) is 19.4 Å². The first-order valence-electron chi connectivity index (χ1n) is 7.20. The number of aryl methyl sites for hydroxylation is 1. The molecule has 0 radical (unpaired) electrons. The summed E-state index contributed by atoms with van der Waals surface area (Å²) in [7, 11) is 3.22. The third kappa shape index (κ3) is 3.48. The van der Waals surface area contributed by atoms with Gasteiger partial charge in [0.15, 0.2) is 0 Å². The number of rotatable bonds is 5. The van der Waals surface area contributed by atoms with Gasteiger partial charge in [0.25, 0.3) is 5.91 Å². The van der Waals surface area contributed by atoms with Gasteiger partial charge in [-0.3, -0.25) is 9.48 Å². The van der Waals surface area contributed by atoms with Gasteiger partial charge >= 0.3 is 0 Å². The van der Waals surface area contributed by atoms with Crippen molar-refractivity contribution in [2.45, 2.75) is 26.4 Å². The summed E-state index contributed by atoms with van der Waals surface area (Å²) in [5.74, 6) is 0.298. The molecular weight excluding hydrogens is 318 g/mol. The molecule has 0 aliphatic rings. The highest BCUT2D eigenvalue weighted by atomic mass is 35.5. The minimum atomic E-state index is -0.333. The summed E-state index contributed by atoms with van der Waals surface area (Å²) >= 11 is 6.20. The largest absolute Gasteiger partial charge is 0.496 e. The average molecular weight is 338 g/mol. The molecule has 124 valence electrons. The fraction of sp³-hybridized carbons (Fsp3) is 0.375. The van der Waals surface area contributed by atoms with E-state index in [1.165, 1.54) is 11.8 Å². The van der Waals surface area contributed by atoms with Crippen LogP contribution in [0.2, 0.25) is 5.15 Å². The van der Waals surface area contributed by atoms with E-state index in [9.17, 15) is 9.90 Å². The molecule has 2 aromatic rings. The summed E-state index contributed by atoms with van der Waals surface area (Å²) < 4.78 is 6.63. The molecule has 2 rings (SSSR count). The number of halogens is 1. The van der Waals surface area contributed by atoms with Gasteiger partial charge in [-0.2, -0.15) is 5.10 Å². The molecule has 0 unspecified atom stereocenters. The van der Waals surface area contributed by atoms with Crippen molar-refractivity contribution in [2.75, 3.05) is 12.4 Å². The number of aliphatic hydroxyl groups is 1. The van der Waals surface area contributed by atoms with Gasteiger partial charge < -0.3 is 15.2 Å². The Hall–Kier alpha value is -2.05. The van der Waals surface area contributed by atoms with E-state index in [1.54, 1.807) is 25.2 Å². The summed E-state index contributed by atoms with van der Waals surface area (Å²) in [6.07, 6.45) is 0. The Morgan fingerprint density at radius 2 is 2.17 bits per heavy atom. The van der Waals surface area contributed by atoms with Crippen LogP contribution in [0.1, 0.15) is 41.4 Å². The average Bonchev–Trinajstić information content (AvgIpc) is 2.83. The quantitative estimate of drug-likeness (QED) is 0.879. The first-order chi connectivity index (χ1) is 10.9. The van der Waals surface area contributed by atoms with Crippen molar-refractivity contribution in [2.24, 2.45) is 7.05 Å². The molecule has 1 amide bonds. The molecule has 2 N–H and O–H groups in total. The van der Waals surface area contributed by atoms with Gasteiger partial charge in [-0.1, -0.05) is 25.4 Å². The molecule has 1 aromatic carbocycles. The number of aliphatic hydroxyl groups excluding tert-OH is 1. The molecule has 0 bridgehead atoms. The van der Waals surface area contributed by atoms with Crippen molar-refractivity contribution < 1.29 is 14.6 Å². The molecule has 0 aliphatic heterocycles. The molecule has 6 nitrogen and oxygen atoms in total. The van der Waals surface area contributed by atoms with Crippen LogP contribution in [0.5, 0.6) is 5.75 Å². The number of anilines is 1. The lowest BCUT2D eigenvalue weighted by Crippen LogP contribution is -2.14.